The van der Waals surface area contributed by atoms with Gasteiger partial charge in [-0.05, 0) is 102 Å². The van der Waals surface area contributed by atoms with Gasteiger partial charge in [0.2, 0.25) is 0 Å². The number of rotatable bonds is 1. The lowest BCUT2D eigenvalue weighted by atomic mass is 10.1. The van der Waals surface area contributed by atoms with Gasteiger partial charge in [-0.15, -0.1) is 0 Å². The predicted molar refractivity (Wildman–Crippen MR) is 117 cm³/mol. The molecule has 21 heavy (non-hydrogen) atoms. The van der Waals surface area contributed by atoms with E-state index >= 15 is 0 Å². The monoisotopic (exact) mass is 726 g/mol. The average molecular weight is 726 g/mol. The zero-order chi connectivity index (χ0) is 15.1. The molecule has 0 spiro atoms. The van der Waals surface area contributed by atoms with Gasteiger partial charge in [-0.1, -0.05) is 30.3 Å². The quantitative estimate of drug-likeness (QED) is 0.162. The third-order valence-electron chi connectivity index (χ3n) is 3.02. The standard InChI is InChI=1S/C15H6I4O2/c16-11-9-8(6-7-4-2-1-3-5-7)21-15(20)10(9)12(17)14(19)13(11)18/h1-6H. The van der Waals surface area contributed by atoms with Gasteiger partial charge in [-0.3, -0.25) is 0 Å². The van der Waals surface area contributed by atoms with Crippen molar-refractivity contribution in [2.24, 2.45) is 0 Å². The number of cyclic esters (lactones) is 1. The van der Waals surface area contributed by atoms with Gasteiger partial charge < -0.3 is 4.74 Å². The Morgan fingerprint density at radius 3 is 2.00 bits per heavy atom. The van der Waals surface area contributed by atoms with E-state index in [0.29, 0.717) is 11.3 Å². The Labute approximate surface area is 176 Å². The second kappa shape index (κ2) is 6.59. The minimum atomic E-state index is -0.260. The van der Waals surface area contributed by atoms with Crippen LogP contribution in [0.5, 0.6) is 0 Å². The molecule has 3 rings (SSSR count). The number of ether oxygens (including phenoxy) is 1. The van der Waals surface area contributed by atoms with Crippen molar-refractivity contribution in [3.8, 4) is 0 Å². The highest BCUT2D eigenvalue weighted by atomic mass is 127. The van der Waals surface area contributed by atoms with Crippen molar-refractivity contribution in [3.63, 3.8) is 0 Å². The van der Waals surface area contributed by atoms with Gasteiger partial charge in [-0.2, -0.15) is 0 Å². The summed E-state index contributed by atoms with van der Waals surface area (Å²) < 4.78 is 9.82. The van der Waals surface area contributed by atoms with Gasteiger partial charge in [0.05, 0.1) is 5.56 Å². The first kappa shape index (κ1) is 16.4. The summed E-state index contributed by atoms with van der Waals surface area (Å²) in [4.78, 5) is 12.2. The Morgan fingerprint density at radius 1 is 0.810 bits per heavy atom. The lowest BCUT2D eigenvalue weighted by Crippen LogP contribution is -2.03. The molecule has 0 radical (unpaired) electrons. The molecule has 0 unspecified atom stereocenters. The van der Waals surface area contributed by atoms with Crippen molar-refractivity contribution in [1.82, 2.24) is 0 Å². The second-order valence-electron chi connectivity index (χ2n) is 4.31. The summed E-state index contributed by atoms with van der Waals surface area (Å²) in [5.74, 6) is 0.377. The Bertz CT molecular complexity index is 782. The summed E-state index contributed by atoms with van der Waals surface area (Å²) >= 11 is 9.12. The fraction of sp³-hybridized carbons (Fsp3) is 0. The molecule has 0 bridgehead atoms. The fourth-order valence-corrected chi connectivity index (χ4v) is 5.73. The summed E-state index contributed by atoms with van der Waals surface area (Å²) in [5, 5.41) is 0. The summed E-state index contributed by atoms with van der Waals surface area (Å²) in [7, 11) is 0. The van der Waals surface area contributed by atoms with Gasteiger partial charge >= 0.3 is 5.97 Å². The lowest BCUT2D eigenvalue weighted by molar-refractivity contribution is 0.0716. The number of fused-ring (bicyclic) bond motifs is 1. The van der Waals surface area contributed by atoms with Crippen LogP contribution in [-0.4, -0.2) is 5.97 Å². The highest BCUT2D eigenvalue weighted by Gasteiger charge is 2.34. The molecular formula is C15H6I4O2. The highest BCUT2D eigenvalue weighted by Crippen LogP contribution is 2.41. The first-order valence-corrected chi connectivity index (χ1v) is 10.2. The zero-order valence-corrected chi connectivity index (χ0v) is 18.9. The van der Waals surface area contributed by atoms with Crippen molar-refractivity contribution < 1.29 is 9.53 Å². The van der Waals surface area contributed by atoms with Gasteiger partial charge in [0.1, 0.15) is 5.76 Å². The Kier molecular flexibility index (Phi) is 5.16. The molecule has 1 aliphatic rings. The van der Waals surface area contributed by atoms with Crippen LogP contribution >= 0.6 is 90.4 Å². The molecule has 1 heterocycles. The van der Waals surface area contributed by atoms with Crippen LogP contribution < -0.4 is 0 Å². The third-order valence-corrected chi connectivity index (χ3v) is 10.4. The van der Waals surface area contributed by atoms with E-state index in [1.807, 2.05) is 36.4 Å². The van der Waals surface area contributed by atoms with Crippen molar-refractivity contribution in [1.29, 1.82) is 0 Å². The van der Waals surface area contributed by atoms with Gasteiger partial charge in [0, 0.05) is 19.8 Å². The van der Waals surface area contributed by atoms with E-state index in [2.05, 4.69) is 90.4 Å². The highest BCUT2D eigenvalue weighted by molar-refractivity contribution is 14.1. The van der Waals surface area contributed by atoms with E-state index in [4.69, 9.17) is 4.74 Å². The SMILES string of the molecule is O=C1OC(=Cc2ccccc2)c2c(I)c(I)c(I)c(I)c21. The van der Waals surface area contributed by atoms with Crippen molar-refractivity contribution >= 4 is 108 Å². The molecule has 0 saturated carbocycles. The van der Waals surface area contributed by atoms with E-state index in [9.17, 15) is 4.79 Å². The van der Waals surface area contributed by atoms with Crippen molar-refractivity contribution in [2.45, 2.75) is 0 Å². The van der Waals surface area contributed by atoms with Crippen LogP contribution in [0.15, 0.2) is 30.3 Å². The van der Waals surface area contributed by atoms with Crippen LogP contribution in [0.1, 0.15) is 21.5 Å². The first-order chi connectivity index (χ1) is 10.0. The maximum Gasteiger partial charge on any atom is 0.345 e. The fourth-order valence-electron chi connectivity index (χ4n) is 2.06. The molecule has 1 aliphatic heterocycles. The molecule has 2 nitrogen and oxygen atoms in total. The molecule has 0 amide bonds. The van der Waals surface area contributed by atoms with Crippen molar-refractivity contribution in [3.05, 3.63) is 61.3 Å². The van der Waals surface area contributed by atoms with E-state index < -0.39 is 0 Å². The number of carbonyl (C=O) groups is 1. The van der Waals surface area contributed by atoms with Crippen LogP contribution in [0.25, 0.3) is 11.8 Å². The van der Waals surface area contributed by atoms with E-state index in [0.717, 1.165) is 25.4 Å². The Balaban J connectivity index is 2.25. The second-order valence-corrected chi connectivity index (χ2v) is 8.63. The summed E-state index contributed by atoms with van der Waals surface area (Å²) in [6, 6.07) is 9.89. The topological polar surface area (TPSA) is 26.3 Å². The number of benzene rings is 2. The number of halogens is 4. The molecular weight excluding hydrogens is 720 g/mol. The molecule has 0 fully saturated rings. The van der Waals surface area contributed by atoms with Gasteiger partial charge in [0.15, 0.2) is 0 Å². The predicted octanol–water partition coefficient (Wildman–Crippen LogP) is 5.77. The van der Waals surface area contributed by atoms with Crippen molar-refractivity contribution in [2.75, 3.05) is 0 Å². The van der Waals surface area contributed by atoms with E-state index in [1.54, 1.807) is 0 Å². The third kappa shape index (κ3) is 3.01. The molecule has 2 aromatic carbocycles. The number of hydrogen-bond donors (Lipinski definition) is 0. The normalized spacial score (nSPS) is 15.2. The Morgan fingerprint density at radius 2 is 1.38 bits per heavy atom. The van der Waals surface area contributed by atoms with Crippen LogP contribution in [-0.2, 0) is 4.74 Å². The molecule has 0 aromatic heterocycles. The van der Waals surface area contributed by atoms with E-state index in [1.165, 1.54) is 0 Å². The summed E-state index contributed by atoms with van der Waals surface area (Å²) in [6.07, 6.45) is 1.92. The molecule has 0 aliphatic carbocycles. The molecule has 2 aromatic rings. The largest absolute Gasteiger partial charge is 0.422 e. The first-order valence-electron chi connectivity index (χ1n) is 5.86. The van der Waals surface area contributed by atoms with Crippen LogP contribution in [0.2, 0.25) is 0 Å². The molecule has 6 heteroatoms. The Hall–Kier alpha value is 0.570. The number of hydrogen-bond acceptors (Lipinski definition) is 2. The average Bonchev–Trinajstić information content (AvgIpc) is 2.80. The molecule has 0 atom stereocenters. The molecule has 106 valence electrons. The van der Waals surface area contributed by atoms with Crippen LogP contribution in [0, 0.1) is 14.3 Å². The van der Waals surface area contributed by atoms with E-state index in [-0.39, 0.29) is 5.97 Å². The maximum atomic E-state index is 12.2. The molecule has 0 N–H and O–H groups in total. The van der Waals surface area contributed by atoms with Gasteiger partial charge in [0.25, 0.3) is 0 Å². The van der Waals surface area contributed by atoms with Crippen LogP contribution in [0.4, 0.5) is 0 Å². The maximum absolute atomic E-state index is 12.2. The minimum Gasteiger partial charge on any atom is -0.422 e. The lowest BCUT2D eigenvalue weighted by Gasteiger charge is -2.08. The summed E-state index contributed by atoms with van der Waals surface area (Å²) in [6.45, 7) is 0. The molecule has 0 saturated heterocycles. The van der Waals surface area contributed by atoms with Crippen LogP contribution in [0.3, 0.4) is 0 Å². The smallest absolute Gasteiger partial charge is 0.345 e. The summed E-state index contributed by atoms with van der Waals surface area (Å²) in [5.41, 5.74) is 2.62. The number of esters is 1. The van der Waals surface area contributed by atoms with Gasteiger partial charge in [-0.25, -0.2) is 4.79 Å². The number of carbonyl (C=O) groups excluding carboxylic acids is 1. The zero-order valence-electron chi connectivity index (χ0n) is 10.3. The minimum absolute atomic E-state index is 0.260.